The van der Waals surface area contributed by atoms with E-state index < -0.39 is 0 Å². The van der Waals surface area contributed by atoms with Gasteiger partial charge in [-0.2, -0.15) is 0 Å². The minimum Gasteiger partial charge on any atom is -0.456 e. The Kier molecular flexibility index (Phi) is 6.01. The molecule has 11 rings (SSSR count). The van der Waals surface area contributed by atoms with Crippen LogP contribution in [0.4, 0.5) is 17.1 Å². The third-order valence-electron chi connectivity index (χ3n) is 11.2. The quantitative estimate of drug-likeness (QED) is 0.187. The first-order valence-corrected chi connectivity index (χ1v) is 17.9. The molecule has 3 nitrogen and oxygen atoms in total. The van der Waals surface area contributed by atoms with Gasteiger partial charge >= 0.3 is 0 Å². The molecule has 0 unspecified atom stereocenters. The molecule has 10 aromatic rings. The van der Waals surface area contributed by atoms with Crippen LogP contribution in [0, 0.1) is 0 Å². The normalized spacial score (nSPS) is 13.3. The Labute approximate surface area is 301 Å². The van der Waals surface area contributed by atoms with Gasteiger partial charge in [-0.25, -0.2) is 0 Å². The maximum absolute atomic E-state index is 6.58. The predicted octanol–water partition coefficient (Wildman–Crippen LogP) is 14.1. The second-order valence-corrected chi connectivity index (χ2v) is 14.5. The average molecular weight is 668 g/mol. The van der Waals surface area contributed by atoms with E-state index >= 15 is 0 Å². The standard InChI is InChI=1S/C49H33NO2/c1-49(2)42-18-7-5-15-37(42)38-25-22-34(29-43(38)49)50(33-23-26-45-41(28-33)39-16-6-8-19-44(39)51-45)32-13-9-12-31(27-32)35-17-10-20-46-47(35)40-24-21-30-11-3-4-14-36(30)48(40)52-46/h3-29H,1-2H3. The second kappa shape index (κ2) is 10.7. The van der Waals surface area contributed by atoms with Crippen molar-refractivity contribution >= 4 is 71.7 Å². The molecule has 3 heteroatoms. The maximum atomic E-state index is 6.58. The second-order valence-electron chi connectivity index (χ2n) is 14.5. The van der Waals surface area contributed by atoms with Gasteiger partial charge in [0.2, 0.25) is 0 Å². The van der Waals surface area contributed by atoms with Crippen LogP contribution in [0.5, 0.6) is 0 Å². The highest BCUT2D eigenvalue weighted by Crippen LogP contribution is 2.51. The van der Waals surface area contributed by atoms with Crippen LogP contribution in [-0.2, 0) is 5.41 Å². The van der Waals surface area contributed by atoms with Crippen molar-refractivity contribution < 1.29 is 8.83 Å². The molecule has 52 heavy (non-hydrogen) atoms. The number of fused-ring (bicyclic) bond motifs is 11. The highest BCUT2D eigenvalue weighted by Gasteiger charge is 2.35. The van der Waals surface area contributed by atoms with E-state index in [4.69, 9.17) is 8.83 Å². The molecule has 246 valence electrons. The molecule has 1 aliphatic rings. The van der Waals surface area contributed by atoms with E-state index in [1.54, 1.807) is 0 Å². The SMILES string of the molecule is CC1(C)c2ccccc2-c2ccc(N(c3cccc(-c4cccc5oc6c7ccccc7ccc6c45)c3)c3ccc4oc5ccccc5c4c3)cc21. The van der Waals surface area contributed by atoms with Crippen molar-refractivity contribution in [2.24, 2.45) is 0 Å². The minimum atomic E-state index is -0.123. The lowest BCUT2D eigenvalue weighted by Gasteiger charge is -2.28. The largest absolute Gasteiger partial charge is 0.456 e. The molecular weight excluding hydrogens is 635 g/mol. The van der Waals surface area contributed by atoms with Crippen molar-refractivity contribution in [3.05, 3.63) is 175 Å². The lowest BCUT2D eigenvalue weighted by Crippen LogP contribution is -2.16. The van der Waals surface area contributed by atoms with E-state index in [1.807, 2.05) is 12.1 Å². The van der Waals surface area contributed by atoms with E-state index in [-0.39, 0.29) is 5.41 Å². The Hall–Kier alpha value is -6.58. The summed E-state index contributed by atoms with van der Waals surface area (Å²) in [7, 11) is 0. The zero-order chi connectivity index (χ0) is 34.6. The first-order valence-electron chi connectivity index (χ1n) is 17.9. The topological polar surface area (TPSA) is 29.5 Å². The van der Waals surface area contributed by atoms with Gasteiger partial charge in [0.25, 0.3) is 0 Å². The van der Waals surface area contributed by atoms with E-state index in [1.165, 1.54) is 27.6 Å². The summed E-state index contributed by atoms with van der Waals surface area (Å²) in [4.78, 5) is 2.39. The lowest BCUT2D eigenvalue weighted by molar-refractivity contribution is 0.660. The molecule has 8 aromatic carbocycles. The number of furan rings is 2. The fourth-order valence-corrected chi connectivity index (χ4v) is 8.74. The van der Waals surface area contributed by atoms with E-state index in [0.29, 0.717) is 0 Å². The van der Waals surface area contributed by atoms with Gasteiger partial charge < -0.3 is 13.7 Å². The summed E-state index contributed by atoms with van der Waals surface area (Å²) in [6, 6.07) is 58.8. The monoisotopic (exact) mass is 667 g/mol. The minimum absolute atomic E-state index is 0.123. The molecule has 2 aromatic heterocycles. The average Bonchev–Trinajstić information content (AvgIpc) is 3.83. The van der Waals surface area contributed by atoms with Crippen LogP contribution in [0.2, 0.25) is 0 Å². The van der Waals surface area contributed by atoms with Gasteiger partial charge in [0.05, 0.1) is 0 Å². The molecule has 0 N–H and O–H groups in total. The lowest BCUT2D eigenvalue weighted by atomic mass is 9.82. The number of nitrogens with zero attached hydrogens (tertiary/aromatic N) is 1. The van der Waals surface area contributed by atoms with E-state index in [9.17, 15) is 0 Å². The molecule has 0 atom stereocenters. The molecule has 0 fully saturated rings. The van der Waals surface area contributed by atoms with Gasteiger partial charge in [-0.3, -0.25) is 0 Å². The van der Waals surface area contributed by atoms with Crippen LogP contribution in [-0.4, -0.2) is 0 Å². The summed E-state index contributed by atoms with van der Waals surface area (Å²) in [5, 5.41) is 6.79. The van der Waals surface area contributed by atoms with Gasteiger partial charge in [-0.05, 0) is 99.4 Å². The zero-order valence-corrected chi connectivity index (χ0v) is 28.9. The molecule has 0 amide bonds. The highest BCUT2D eigenvalue weighted by atomic mass is 16.3. The van der Waals surface area contributed by atoms with Crippen LogP contribution in [0.1, 0.15) is 25.0 Å². The fourth-order valence-electron chi connectivity index (χ4n) is 8.74. The molecule has 1 aliphatic carbocycles. The third-order valence-corrected chi connectivity index (χ3v) is 11.2. The number of benzene rings is 8. The Morgan fingerprint density at radius 1 is 0.423 bits per heavy atom. The van der Waals surface area contributed by atoms with Crippen molar-refractivity contribution in [1.29, 1.82) is 0 Å². The number of para-hydroxylation sites is 1. The van der Waals surface area contributed by atoms with Crippen LogP contribution in [0.15, 0.2) is 173 Å². The Morgan fingerprint density at radius 3 is 2.06 bits per heavy atom. The van der Waals surface area contributed by atoms with Crippen LogP contribution < -0.4 is 4.90 Å². The Bertz CT molecular complexity index is 3070. The molecule has 0 saturated carbocycles. The van der Waals surface area contributed by atoms with Crippen LogP contribution >= 0.6 is 0 Å². The number of rotatable bonds is 4. The van der Waals surface area contributed by atoms with Gasteiger partial charge in [0.1, 0.15) is 22.3 Å². The summed E-state index contributed by atoms with van der Waals surface area (Å²) in [6.45, 7) is 4.68. The number of hydrogen-bond donors (Lipinski definition) is 0. The molecule has 0 saturated heterocycles. The van der Waals surface area contributed by atoms with Gasteiger partial charge in [-0.15, -0.1) is 0 Å². The van der Waals surface area contributed by atoms with Gasteiger partial charge in [0.15, 0.2) is 0 Å². The van der Waals surface area contributed by atoms with Crippen LogP contribution in [0.3, 0.4) is 0 Å². The zero-order valence-electron chi connectivity index (χ0n) is 28.9. The molecule has 2 heterocycles. The summed E-state index contributed by atoms with van der Waals surface area (Å²) in [5.41, 5.74) is 14.4. The Morgan fingerprint density at radius 2 is 1.12 bits per heavy atom. The highest BCUT2D eigenvalue weighted by molar-refractivity contribution is 6.19. The van der Waals surface area contributed by atoms with Gasteiger partial charge in [-0.1, -0.05) is 117 Å². The molecular formula is C49H33NO2. The summed E-state index contributed by atoms with van der Waals surface area (Å²) in [5.74, 6) is 0. The van der Waals surface area contributed by atoms with E-state index in [2.05, 4.69) is 170 Å². The van der Waals surface area contributed by atoms with Gasteiger partial charge in [0, 0.05) is 49.4 Å². The summed E-state index contributed by atoms with van der Waals surface area (Å²) < 4.78 is 12.8. The van der Waals surface area contributed by atoms with Crippen molar-refractivity contribution in [2.45, 2.75) is 19.3 Å². The third kappa shape index (κ3) is 4.14. The Balaban J connectivity index is 1.13. The van der Waals surface area contributed by atoms with Crippen molar-refractivity contribution in [3.63, 3.8) is 0 Å². The van der Waals surface area contributed by atoms with Crippen molar-refractivity contribution in [3.8, 4) is 22.3 Å². The molecule has 0 aliphatic heterocycles. The smallest absolute Gasteiger partial charge is 0.143 e. The number of hydrogen-bond acceptors (Lipinski definition) is 3. The van der Waals surface area contributed by atoms with E-state index in [0.717, 1.165) is 77.5 Å². The molecule has 0 radical (unpaired) electrons. The summed E-state index contributed by atoms with van der Waals surface area (Å²) in [6.07, 6.45) is 0. The fraction of sp³-hybridized carbons (Fsp3) is 0.0612. The first-order chi connectivity index (χ1) is 25.5. The summed E-state index contributed by atoms with van der Waals surface area (Å²) >= 11 is 0. The first kappa shape index (κ1) is 29.2. The van der Waals surface area contributed by atoms with Crippen molar-refractivity contribution in [1.82, 2.24) is 0 Å². The maximum Gasteiger partial charge on any atom is 0.143 e. The molecule has 0 spiro atoms. The number of anilines is 3. The predicted molar refractivity (Wildman–Crippen MR) is 216 cm³/mol. The molecule has 0 bridgehead atoms. The van der Waals surface area contributed by atoms with Crippen LogP contribution in [0.25, 0.3) is 76.9 Å². The van der Waals surface area contributed by atoms with Crippen molar-refractivity contribution in [2.75, 3.05) is 4.90 Å².